The van der Waals surface area contributed by atoms with E-state index in [4.69, 9.17) is 0 Å². The number of sulfone groups is 1. The maximum absolute atomic E-state index is 13.3. The van der Waals surface area contributed by atoms with E-state index in [1.807, 2.05) is 24.3 Å². The molecule has 4 nitrogen and oxygen atoms in total. The van der Waals surface area contributed by atoms with Crippen LogP contribution in [0.1, 0.15) is 50.3 Å². The molecule has 2 aliphatic rings. The minimum atomic E-state index is -3.29. The van der Waals surface area contributed by atoms with Crippen LogP contribution in [-0.4, -0.2) is 31.7 Å². The van der Waals surface area contributed by atoms with E-state index in [1.54, 1.807) is 0 Å². The average molecular weight is 504 g/mol. The summed E-state index contributed by atoms with van der Waals surface area (Å²) in [5, 5.41) is 3.50. The lowest BCUT2D eigenvalue weighted by Gasteiger charge is -2.32. The van der Waals surface area contributed by atoms with Crippen LogP contribution in [0.2, 0.25) is 0 Å². The van der Waals surface area contributed by atoms with E-state index in [0.717, 1.165) is 28.4 Å². The van der Waals surface area contributed by atoms with Crippen LogP contribution < -0.4 is 5.32 Å². The molecule has 1 aliphatic heterocycles. The molecule has 6 heteroatoms. The van der Waals surface area contributed by atoms with E-state index >= 15 is 0 Å². The zero-order valence-corrected chi connectivity index (χ0v) is 20.7. The van der Waals surface area contributed by atoms with Gasteiger partial charge in [0.05, 0.1) is 17.5 Å². The summed E-state index contributed by atoms with van der Waals surface area (Å²) < 4.78 is 26.3. The number of ketones is 1. The summed E-state index contributed by atoms with van der Waals surface area (Å²) in [5.41, 5.74) is 3.12. The third-order valence-corrected chi connectivity index (χ3v) is 8.78. The van der Waals surface area contributed by atoms with Crippen molar-refractivity contribution in [1.29, 1.82) is 0 Å². The zero-order valence-electron chi connectivity index (χ0n) is 18.3. The van der Waals surface area contributed by atoms with Crippen molar-refractivity contribution in [2.45, 2.75) is 57.0 Å². The zero-order chi connectivity index (χ0) is 22.4. The van der Waals surface area contributed by atoms with Crippen molar-refractivity contribution in [3.8, 4) is 0 Å². The molecule has 4 rings (SSSR count). The lowest BCUT2D eigenvalue weighted by Crippen LogP contribution is -2.54. The van der Waals surface area contributed by atoms with E-state index in [-0.39, 0.29) is 28.2 Å². The number of hydrogen-bond donors (Lipinski definition) is 1. The first-order valence-corrected chi connectivity index (χ1v) is 13.5. The largest absolute Gasteiger partial charge is 0.298 e. The van der Waals surface area contributed by atoms with Crippen LogP contribution in [-0.2, 0) is 32.0 Å². The van der Waals surface area contributed by atoms with Crippen LogP contribution in [0.25, 0.3) is 0 Å². The summed E-state index contributed by atoms with van der Waals surface area (Å²) in [5.74, 6) is -0.652. The minimum absolute atomic E-state index is 0.0241. The van der Waals surface area contributed by atoms with Crippen LogP contribution >= 0.6 is 15.9 Å². The molecule has 0 radical (unpaired) electrons. The van der Waals surface area contributed by atoms with Crippen molar-refractivity contribution < 1.29 is 13.2 Å². The SMILES string of the molecule is CC(C)(C)c1cccc(C2(N[C@H]3CS(=O)(=O)C[C@@H](Cc4ccc(Br)cc4)C3=O)CC2)c1. The third-order valence-electron chi connectivity index (χ3n) is 6.50. The monoisotopic (exact) mass is 503 g/mol. The van der Waals surface area contributed by atoms with Crippen LogP contribution in [0.4, 0.5) is 0 Å². The van der Waals surface area contributed by atoms with Gasteiger partial charge in [-0.3, -0.25) is 10.1 Å². The van der Waals surface area contributed by atoms with Gasteiger partial charge >= 0.3 is 0 Å². The quantitative estimate of drug-likeness (QED) is 0.649. The summed E-state index contributed by atoms with van der Waals surface area (Å²) >= 11 is 3.42. The summed E-state index contributed by atoms with van der Waals surface area (Å²) in [6.07, 6.45) is 2.29. The Balaban J connectivity index is 1.56. The van der Waals surface area contributed by atoms with E-state index in [2.05, 4.69) is 66.3 Å². The third kappa shape index (κ3) is 5.12. The first-order valence-electron chi connectivity index (χ1n) is 10.8. The fraction of sp³-hybridized carbons (Fsp3) is 0.480. The van der Waals surface area contributed by atoms with Gasteiger partial charge in [-0.25, -0.2) is 8.42 Å². The van der Waals surface area contributed by atoms with Gasteiger partial charge < -0.3 is 0 Å². The molecule has 2 atom stereocenters. The van der Waals surface area contributed by atoms with Crippen LogP contribution in [0.3, 0.4) is 0 Å². The van der Waals surface area contributed by atoms with Crippen molar-refractivity contribution in [3.63, 3.8) is 0 Å². The molecule has 1 N–H and O–H groups in total. The Hall–Kier alpha value is -1.50. The molecule has 0 bridgehead atoms. The van der Waals surface area contributed by atoms with E-state index in [1.165, 1.54) is 5.56 Å². The van der Waals surface area contributed by atoms with Crippen LogP contribution in [0.15, 0.2) is 53.0 Å². The lowest BCUT2D eigenvalue weighted by molar-refractivity contribution is -0.124. The molecule has 2 aromatic rings. The molecule has 0 unspecified atom stereocenters. The first kappa shape index (κ1) is 22.7. The number of carbonyl (C=O) groups is 1. The number of rotatable bonds is 5. The molecule has 2 aromatic carbocycles. The molecule has 166 valence electrons. The Morgan fingerprint density at radius 2 is 1.74 bits per heavy atom. The maximum atomic E-state index is 13.3. The normalized spacial score (nSPS) is 24.7. The first-order chi connectivity index (χ1) is 14.5. The van der Waals surface area contributed by atoms with Gasteiger partial charge in [0.1, 0.15) is 0 Å². The Morgan fingerprint density at radius 1 is 1.06 bits per heavy atom. The second-order valence-electron chi connectivity index (χ2n) is 10.1. The van der Waals surface area contributed by atoms with Gasteiger partial charge in [0.15, 0.2) is 15.6 Å². The number of nitrogens with one attached hydrogen (secondary N) is 1. The molecule has 1 saturated carbocycles. The molecule has 2 fully saturated rings. The molecular weight excluding hydrogens is 474 g/mol. The molecule has 1 heterocycles. The predicted molar refractivity (Wildman–Crippen MR) is 128 cm³/mol. The molecular formula is C25H30BrNO3S. The van der Waals surface area contributed by atoms with E-state index < -0.39 is 21.8 Å². The minimum Gasteiger partial charge on any atom is -0.298 e. The molecule has 31 heavy (non-hydrogen) atoms. The molecule has 1 saturated heterocycles. The van der Waals surface area contributed by atoms with Gasteiger partial charge in [-0.2, -0.15) is 0 Å². The summed E-state index contributed by atoms with van der Waals surface area (Å²) in [7, 11) is -3.29. The Morgan fingerprint density at radius 3 is 2.35 bits per heavy atom. The summed E-state index contributed by atoms with van der Waals surface area (Å²) in [4.78, 5) is 13.3. The highest BCUT2D eigenvalue weighted by Crippen LogP contribution is 2.47. The van der Waals surface area contributed by atoms with Gasteiger partial charge in [0.2, 0.25) is 0 Å². The van der Waals surface area contributed by atoms with Crippen LogP contribution in [0, 0.1) is 5.92 Å². The topological polar surface area (TPSA) is 63.2 Å². The van der Waals surface area contributed by atoms with E-state index in [9.17, 15) is 13.2 Å². The smallest absolute Gasteiger partial charge is 0.155 e. The van der Waals surface area contributed by atoms with Gasteiger partial charge in [-0.15, -0.1) is 0 Å². The highest BCUT2D eigenvalue weighted by molar-refractivity contribution is 9.10. The van der Waals surface area contributed by atoms with Gasteiger partial charge in [0.25, 0.3) is 0 Å². The number of hydrogen-bond acceptors (Lipinski definition) is 4. The Kier molecular flexibility index (Phi) is 5.95. The fourth-order valence-corrected chi connectivity index (χ4v) is 6.56. The number of Topliss-reactive ketones (excluding diaryl/α,β-unsaturated/α-hetero) is 1. The number of carbonyl (C=O) groups excluding carboxylic acids is 1. The Labute approximate surface area is 193 Å². The van der Waals surface area contributed by atoms with Crippen molar-refractivity contribution in [3.05, 3.63) is 69.7 Å². The number of benzene rings is 2. The highest BCUT2D eigenvalue weighted by atomic mass is 79.9. The van der Waals surface area contributed by atoms with Gasteiger partial charge in [0, 0.05) is 15.9 Å². The number of halogens is 1. The second-order valence-corrected chi connectivity index (χ2v) is 13.2. The maximum Gasteiger partial charge on any atom is 0.155 e. The molecule has 1 aliphatic carbocycles. The lowest BCUT2D eigenvalue weighted by atomic mass is 9.85. The van der Waals surface area contributed by atoms with Crippen molar-refractivity contribution in [1.82, 2.24) is 5.32 Å². The molecule has 0 spiro atoms. The van der Waals surface area contributed by atoms with Crippen LogP contribution in [0.5, 0.6) is 0 Å². The fourth-order valence-electron chi connectivity index (χ4n) is 4.51. The standard InChI is InChI=1S/C25H30BrNO3S/c1-24(2,3)19-5-4-6-20(14-19)25(11-12-25)27-22-16-31(29,30)15-18(23(22)28)13-17-7-9-21(26)10-8-17/h4-10,14,18,22,27H,11-13,15-16H2,1-3H3/t18-,22+/m1/s1. The van der Waals surface area contributed by atoms with Crippen molar-refractivity contribution >= 4 is 31.6 Å². The van der Waals surface area contributed by atoms with Crippen molar-refractivity contribution in [2.24, 2.45) is 5.92 Å². The predicted octanol–water partition coefficient (Wildman–Crippen LogP) is 4.55. The van der Waals surface area contributed by atoms with Crippen molar-refractivity contribution in [2.75, 3.05) is 11.5 Å². The second kappa shape index (κ2) is 8.13. The Bertz CT molecular complexity index is 1080. The van der Waals surface area contributed by atoms with E-state index in [0.29, 0.717) is 6.42 Å². The van der Waals surface area contributed by atoms with Gasteiger partial charge in [-0.05, 0) is 53.5 Å². The summed E-state index contributed by atoms with van der Waals surface area (Å²) in [6, 6.07) is 15.6. The molecule has 0 aromatic heterocycles. The van der Waals surface area contributed by atoms with Gasteiger partial charge in [-0.1, -0.05) is 73.1 Å². The molecule has 0 amide bonds. The highest BCUT2D eigenvalue weighted by Gasteiger charge is 2.49. The average Bonchev–Trinajstić information content (AvgIpc) is 3.47. The summed E-state index contributed by atoms with van der Waals surface area (Å²) in [6.45, 7) is 6.55.